The van der Waals surface area contributed by atoms with Gasteiger partial charge in [-0.3, -0.25) is 4.98 Å². The van der Waals surface area contributed by atoms with E-state index in [1.54, 1.807) is 6.07 Å². The van der Waals surface area contributed by atoms with Crippen molar-refractivity contribution in [2.75, 3.05) is 0 Å². The van der Waals surface area contributed by atoms with Gasteiger partial charge in [0.05, 0.1) is 5.69 Å². The number of para-hydroxylation sites is 1. The van der Waals surface area contributed by atoms with Crippen LogP contribution in [0.4, 0.5) is 4.39 Å². The fourth-order valence-corrected chi connectivity index (χ4v) is 3.19. The average Bonchev–Trinajstić information content (AvgIpc) is 2.91. The maximum Gasteiger partial charge on any atom is 0.144 e. The molecular formula is C21H18FNO. The molecule has 0 fully saturated rings. The molecule has 4 aromatic rings. The zero-order chi connectivity index (χ0) is 16.7. The van der Waals surface area contributed by atoms with Crippen molar-refractivity contribution in [3.63, 3.8) is 0 Å². The van der Waals surface area contributed by atoms with Crippen molar-refractivity contribution in [2.24, 2.45) is 5.92 Å². The summed E-state index contributed by atoms with van der Waals surface area (Å²) >= 11 is 0. The van der Waals surface area contributed by atoms with Crippen molar-refractivity contribution < 1.29 is 8.81 Å². The van der Waals surface area contributed by atoms with Gasteiger partial charge in [0.15, 0.2) is 0 Å². The van der Waals surface area contributed by atoms with Crippen molar-refractivity contribution in [3.8, 4) is 11.3 Å². The summed E-state index contributed by atoms with van der Waals surface area (Å²) < 4.78 is 19.5. The Morgan fingerprint density at radius 2 is 1.92 bits per heavy atom. The Morgan fingerprint density at radius 1 is 1.04 bits per heavy atom. The largest absolute Gasteiger partial charge is 0.455 e. The lowest BCUT2D eigenvalue weighted by Gasteiger charge is -2.07. The summed E-state index contributed by atoms with van der Waals surface area (Å²) in [5.74, 6) is 0.297. The predicted molar refractivity (Wildman–Crippen MR) is 95.5 cm³/mol. The third-order valence-electron chi connectivity index (χ3n) is 4.21. The Balaban J connectivity index is 1.92. The fraction of sp³-hybridized carbons (Fsp3) is 0.190. The summed E-state index contributed by atoms with van der Waals surface area (Å²) in [4.78, 5) is 4.52. The second-order valence-electron chi connectivity index (χ2n) is 6.57. The van der Waals surface area contributed by atoms with E-state index in [-0.39, 0.29) is 5.82 Å². The number of pyridine rings is 1. The molecule has 120 valence electrons. The zero-order valence-electron chi connectivity index (χ0n) is 13.7. The Bertz CT molecular complexity index is 1030. The maximum atomic E-state index is 13.5. The van der Waals surface area contributed by atoms with Gasteiger partial charge in [0.25, 0.3) is 0 Å². The van der Waals surface area contributed by atoms with Gasteiger partial charge in [-0.1, -0.05) is 26.0 Å². The van der Waals surface area contributed by atoms with Gasteiger partial charge >= 0.3 is 0 Å². The van der Waals surface area contributed by atoms with Crippen LogP contribution in [0.1, 0.15) is 19.4 Å². The molecule has 0 aliphatic heterocycles. The highest BCUT2D eigenvalue weighted by atomic mass is 19.1. The van der Waals surface area contributed by atoms with Crippen molar-refractivity contribution in [3.05, 3.63) is 66.1 Å². The van der Waals surface area contributed by atoms with Gasteiger partial charge in [0, 0.05) is 28.6 Å². The minimum Gasteiger partial charge on any atom is -0.455 e. The minimum absolute atomic E-state index is 0.292. The maximum absolute atomic E-state index is 13.5. The molecule has 3 heteroatoms. The van der Waals surface area contributed by atoms with Gasteiger partial charge in [-0.15, -0.1) is 0 Å². The summed E-state index contributed by atoms with van der Waals surface area (Å²) in [6.07, 6.45) is 2.85. The highest BCUT2D eigenvalue weighted by molar-refractivity contribution is 6.09. The molecule has 0 spiro atoms. The number of aromatic nitrogens is 1. The second kappa shape index (κ2) is 5.75. The van der Waals surface area contributed by atoms with E-state index in [1.807, 2.05) is 24.4 Å². The molecule has 0 unspecified atom stereocenters. The van der Waals surface area contributed by atoms with Crippen LogP contribution in [-0.4, -0.2) is 4.98 Å². The summed E-state index contributed by atoms with van der Waals surface area (Å²) in [7, 11) is 0. The monoisotopic (exact) mass is 319 g/mol. The van der Waals surface area contributed by atoms with Gasteiger partial charge < -0.3 is 4.42 Å². The summed E-state index contributed by atoms with van der Waals surface area (Å²) in [5.41, 5.74) is 4.41. The van der Waals surface area contributed by atoms with Crippen LogP contribution >= 0.6 is 0 Å². The molecule has 0 aliphatic carbocycles. The molecule has 0 aliphatic rings. The SMILES string of the molecule is CC(C)Cc1ccnc(-c2cccc3c2oc2cc(F)ccc23)c1. The standard InChI is InChI=1S/C21H18FNO/c1-13(2)10-14-8-9-23-19(11-14)18-5-3-4-17-16-7-6-15(22)12-20(16)24-21(17)18/h3-9,11-13H,10H2,1-2H3. The van der Waals surface area contributed by atoms with Gasteiger partial charge in [-0.25, -0.2) is 4.39 Å². The smallest absolute Gasteiger partial charge is 0.144 e. The van der Waals surface area contributed by atoms with E-state index >= 15 is 0 Å². The topological polar surface area (TPSA) is 26.0 Å². The number of hydrogen-bond acceptors (Lipinski definition) is 2. The number of fused-ring (bicyclic) bond motifs is 3. The van der Waals surface area contributed by atoms with Crippen LogP contribution in [-0.2, 0) is 6.42 Å². The van der Waals surface area contributed by atoms with Crippen LogP contribution in [0.5, 0.6) is 0 Å². The number of furan rings is 1. The minimum atomic E-state index is -0.292. The van der Waals surface area contributed by atoms with Gasteiger partial charge in [-0.05, 0) is 48.2 Å². The Kier molecular flexibility index (Phi) is 3.57. The molecule has 0 saturated carbocycles. The third kappa shape index (κ3) is 2.56. The molecule has 2 aromatic carbocycles. The first-order chi connectivity index (χ1) is 11.6. The Hall–Kier alpha value is -2.68. The molecule has 4 rings (SSSR count). The van der Waals surface area contributed by atoms with E-state index in [9.17, 15) is 4.39 Å². The normalized spacial score (nSPS) is 11.7. The molecule has 24 heavy (non-hydrogen) atoms. The number of rotatable bonds is 3. The highest BCUT2D eigenvalue weighted by Crippen LogP contribution is 2.35. The quantitative estimate of drug-likeness (QED) is 0.464. The van der Waals surface area contributed by atoms with Crippen LogP contribution in [0.25, 0.3) is 33.2 Å². The van der Waals surface area contributed by atoms with Gasteiger partial charge in [0.1, 0.15) is 17.0 Å². The number of benzene rings is 2. The first kappa shape index (κ1) is 14.9. The first-order valence-electron chi connectivity index (χ1n) is 8.18. The molecule has 0 N–H and O–H groups in total. The van der Waals surface area contributed by atoms with E-state index in [4.69, 9.17) is 4.42 Å². The van der Waals surface area contributed by atoms with E-state index in [0.29, 0.717) is 11.5 Å². The number of nitrogens with zero attached hydrogens (tertiary/aromatic N) is 1. The van der Waals surface area contributed by atoms with Gasteiger partial charge in [-0.2, -0.15) is 0 Å². The number of halogens is 1. The van der Waals surface area contributed by atoms with E-state index in [1.165, 1.54) is 17.7 Å². The van der Waals surface area contributed by atoms with Crippen molar-refractivity contribution in [1.82, 2.24) is 4.98 Å². The molecule has 0 radical (unpaired) electrons. The molecular weight excluding hydrogens is 301 g/mol. The van der Waals surface area contributed by atoms with Gasteiger partial charge in [0.2, 0.25) is 0 Å². The summed E-state index contributed by atoms with van der Waals surface area (Å²) in [6.45, 7) is 4.41. The molecule has 0 saturated heterocycles. The zero-order valence-corrected chi connectivity index (χ0v) is 13.7. The Morgan fingerprint density at radius 3 is 2.75 bits per heavy atom. The molecule has 2 nitrogen and oxygen atoms in total. The van der Waals surface area contributed by atoms with Crippen molar-refractivity contribution >= 4 is 21.9 Å². The molecule has 2 aromatic heterocycles. The number of hydrogen-bond donors (Lipinski definition) is 0. The fourth-order valence-electron chi connectivity index (χ4n) is 3.19. The Labute approximate surface area is 139 Å². The first-order valence-corrected chi connectivity index (χ1v) is 8.18. The summed E-state index contributed by atoms with van der Waals surface area (Å²) in [6, 6.07) is 14.8. The molecule has 0 amide bonds. The second-order valence-corrected chi connectivity index (χ2v) is 6.57. The van der Waals surface area contributed by atoms with E-state index < -0.39 is 0 Å². The van der Waals surface area contributed by atoms with Crippen LogP contribution in [0.15, 0.2) is 59.1 Å². The van der Waals surface area contributed by atoms with Crippen LogP contribution in [0, 0.1) is 11.7 Å². The molecule has 0 atom stereocenters. The van der Waals surface area contributed by atoms with Crippen molar-refractivity contribution in [1.29, 1.82) is 0 Å². The average molecular weight is 319 g/mol. The summed E-state index contributed by atoms with van der Waals surface area (Å²) in [5, 5.41) is 1.91. The lowest BCUT2D eigenvalue weighted by atomic mass is 10.0. The third-order valence-corrected chi connectivity index (χ3v) is 4.21. The molecule has 2 heterocycles. The lowest BCUT2D eigenvalue weighted by molar-refractivity contribution is 0.618. The predicted octanol–water partition coefficient (Wildman–Crippen LogP) is 5.99. The highest BCUT2D eigenvalue weighted by Gasteiger charge is 2.13. The van der Waals surface area contributed by atoms with Crippen LogP contribution in [0.3, 0.4) is 0 Å². The van der Waals surface area contributed by atoms with E-state index in [0.717, 1.165) is 34.0 Å². The van der Waals surface area contributed by atoms with E-state index in [2.05, 4.69) is 31.0 Å². The van der Waals surface area contributed by atoms with Crippen LogP contribution in [0.2, 0.25) is 0 Å². The lowest BCUT2D eigenvalue weighted by Crippen LogP contribution is -1.95. The van der Waals surface area contributed by atoms with Crippen LogP contribution < -0.4 is 0 Å². The molecule has 0 bridgehead atoms. The van der Waals surface area contributed by atoms with Crippen molar-refractivity contribution in [2.45, 2.75) is 20.3 Å².